The van der Waals surface area contributed by atoms with E-state index in [1.807, 2.05) is 0 Å². The molecular weight excluding hydrogens is 322 g/mol. The SMILES string of the molecule is CCC=CCC=CCC=CCC=CCC=CCCCC(CN)CC(=O)O. The summed E-state index contributed by atoms with van der Waals surface area (Å²) in [6.45, 7) is 2.60. The molecule has 1 unspecified atom stereocenters. The summed E-state index contributed by atoms with van der Waals surface area (Å²) in [5, 5.41) is 8.77. The van der Waals surface area contributed by atoms with E-state index < -0.39 is 5.97 Å². The monoisotopic (exact) mass is 359 g/mol. The van der Waals surface area contributed by atoms with Crippen molar-refractivity contribution in [2.45, 2.75) is 64.7 Å². The molecule has 1 atom stereocenters. The highest BCUT2D eigenvalue weighted by atomic mass is 16.4. The van der Waals surface area contributed by atoms with E-state index >= 15 is 0 Å². The van der Waals surface area contributed by atoms with Crippen LogP contribution in [-0.4, -0.2) is 17.6 Å². The molecule has 0 aliphatic heterocycles. The van der Waals surface area contributed by atoms with E-state index in [9.17, 15) is 4.79 Å². The van der Waals surface area contributed by atoms with Gasteiger partial charge in [-0.2, -0.15) is 0 Å². The molecule has 0 aromatic rings. The highest BCUT2D eigenvalue weighted by Crippen LogP contribution is 2.12. The Hall–Kier alpha value is -1.87. The molecule has 3 nitrogen and oxygen atoms in total. The molecule has 0 rings (SSSR count). The number of carbonyl (C=O) groups is 1. The number of rotatable bonds is 16. The molecule has 0 fully saturated rings. The third kappa shape index (κ3) is 18.5. The second-order valence-corrected chi connectivity index (χ2v) is 6.34. The summed E-state index contributed by atoms with van der Waals surface area (Å²) >= 11 is 0. The molecule has 0 aromatic carbocycles. The van der Waals surface area contributed by atoms with Crippen molar-refractivity contribution in [2.75, 3.05) is 6.54 Å². The van der Waals surface area contributed by atoms with Crippen LogP contribution in [0.5, 0.6) is 0 Å². The second kappa shape index (κ2) is 19.5. The topological polar surface area (TPSA) is 63.3 Å². The van der Waals surface area contributed by atoms with Gasteiger partial charge in [-0.25, -0.2) is 0 Å². The van der Waals surface area contributed by atoms with E-state index in [1.165, 1.54) is 0 Å². The molecule has 0 aliphatic rings. The lowest BCUT2D eigenvalue weighted by Gasteiger charge is -2.10. The minimum atomic E-state index is -0.754. The van der Waals surface area contributed by atoms with Crippen LogP contribution < -0.4 is 5.73 Å². The number of carboxylic acid groups (broad SMARTS) is 1. The lowest BCUT2D eigenvalue weighted by atomic mass is 9.98. The van der Waals surface area contributed by atoms with Crippen molar-refractivity contribution < 1.29 is 9.90 Å². The van der Waals surface area contributed by atoms with Crippen LogP contribution in [0.4, 0.5) is 0 Å². The zero-order chi connectivity index (χ0) is 19.3. The van der Waals surface area contributed by atoms with Gasteiger partial charge in [0.2, 0.25) is 0 Å². The number of allylic oxidation sites excluding steroid dienone is 10. The normalized spacial score (nSPS) is 13.9. The first kappa shape index (κ1) is 24.1. The van der Waals surface area contributed by atoms with Gasteiger partial charge >= 0.3 is 5.97 Å². The fourth-order valence-corrected chi connectivity index (χ4v) is 2.44. The van der Waals surface area contributed by atoms with Gasteiger partial charge in [0.15, 0.2) is 0 Å². The summed E-state index contributed by atoms with van der Waals surface area (Å²) < 4.78 is 0. The molecule has 0 saturated heterocycles. The Morgan fingerprint density at radius 1 is 0.846 bits per heavy atom. The fraction of sp³-hybridized carbons (Fsp3) is 0.522. The summed E-state index contributed by atoms with van der Waals surface area (Å²) in [7, 11) is 0. The van der Waals surface area contributed by atoms with Gasteiger partial charge in [0.25, 0.3) is 0 Å². The Morgan fingerprint density at radius 3 is 1.73 bits per heavy atom. The fourth-order valence-electron chi connectivity index (χ4n) is 2.44. The van der Waals surface area contributed by atoms with Crippen LogP contribution in [0.1, 0.15) is 64.7 Å². The summed E-state index contributed by atoms with van der Waals surface area (Å²) in [5.74, 6) is -0.648. The van der Waals surface area contributed by atoms with Gasteiger partial charge in [-0.3, -0.25) is 4.79 Å². The lowest BCUT2D eigenvalue weighted by molar-refractivity contribution is -0.138. The van der Waals surface area contributed by atoms with Gasteiger partial charge in [-0.15, -0.1) is 0 Å². The first-order valence-corrected chi connectivity index (χ1v) is 9.87. The third-order valence-corrected chi connectivity index (χ3v) is 3.94. The van der Waals surface area contributed by atoms with Crippen molar-refractivity contribution in [3.63, 3.8) is 0 Å². The molecule has 0 aromatic heterocycles. The van der Waals surface area contributed by atoms with Crippen LogP contribution in [-0.2, 0) is 4.79 Å². The van der Waals surface area contributed by atoms with Crippen LogP contribution in [0.3, 0.4) is 0 Å². The molecule has 0 radical (unpaired) electrons. The number of nitrogens with two attached hydrogens (primary N) is 1. The maximum absolute atomic E-state index is 10.7. The average Bonchev–Trinajstić information content (AvgIpc) is 2.63. The smallest absolute Gasteiger partial charge is 0.303 e. The lowest BCUT2D eigenvalue weighted by Crippen LogP contribution is -2.17. The molecule has 0 bridgehead atoms. The molecule has 3 N–H and O–H groups in total. The van der Waals surface area contributed by atoms with Crippen molar-refractivity contribution >= 4 is 5.97 Å². The first-order valence-electron chi connectivity index (χ1n) is 9.87. The van der Waals surface area contributed by atoms with Gasteiger partial charge in [-0.1, -0.05) is 67.7 Å². The largest absolute Gasteiger partial charge is 0.481 e. The summed E-state index contributed by atoms with van der Waals surface area (Å²) in [5.41, 5.74) is 5.59. The van der Waals surface area contributed by atoms with Crippen LogP contribution in [0.15, 0.2) is 60.8 Å². The van der Waals surface area contributed by atoms with Gasteiger partial charge in [-0.05, 0) is 63.8 Å². The number of hydrogen-bond donors (Lipinski definition) is 2. The maximum Gasteiger partial charge on any atom is 0.303 e. The molecule has 3 heteroatoms. The van der Waals surface area contributed by atoms with E-state index in [2.05, 4.69) is 67.7 Å². The molecule has 0 amide bonds. The predicted octanol–water partition coefficient (Wildman–Crippen LogP) is 5.96. The quantitative estimate of drug-likeness (QED) is 0.264. The van der Waals surface area contributed by atoms with Gasteiger partial charge in [0.05, 0.1) is 0 Å². The Labute approximate surface area is 160 Å². The zero-order valence-corrected chi connectivity index (χ0v) is 16.4. The summed E-state index contributed by atoms with van der Waals surface area (Å²) in [4.78, 5) is 10.7. The van der Waals surface area contributed by atoms with Crippen LogP contribution in [0, 0.1) is 5.92 Å². The standard InChI is InChI=1S/C23H37NO2/c1-2-3-4-5-6-7-8-9-10-11-12-13-14-15-16-17-18-19-22(21-24)20-23(25)26/h3-4,6-7,9-10,12-13,15-16,22H,2,5,8,11,14,17-21,24H2,1H3,(H,25,26). The van der Waals surface area contributed by atoms with Crippen LogP contribution in [0.25, 0.3) is 0 Å². The number of aliphatic carboxylic acids is 1. The molecule has 0 spiro atoms. The maximum atomic E-state index is 10.7. The summed E-state index contributed by atoms with van der Waals surface area (Å²) in [6, 6.07) is 0. The molecule has 26 heavy (non-hydrogen) atoms. The molecule has 0 aliphatic carbocycles. The highest BCUT2D eigenvalue weighted by molar-refractivity contribution is 5.67. The predicted molar refractivity (Wildman–Crippen MR) is 113 cm³/mol. The van der Waals surface area contributed by atoms with Crippen molar-refractivity contribution in [1.82, 2.24) is 0 Å². The Kier molecular flexibility index (Phi) is 18.1. The minimum absolute atomic E-state index is 0.107. The number of carboxylic acids is 1. The van der Waals surface area contributed by atoms with Gasteiger partial charge < -0.3 is 10.8 Å². The van der Waals surface area contributed by atoms with Crippen LogP contribution in [0.2, 0.25) is 0 Å². The van der Waals surface area contributed by atoms with Crippen molar-refractivity contribution in [3.05, 3.63) is 60.8 Å². The molecular formula is C23H37NO2. The van der Waals surface area contributed by atoms with E-state index in [4.69, 9.17) is 10.8 Å². The van der Waals surface area contributed by atoms with Crippen LogP contribution >= 0.6 is 0 Å². The number of unbranched alkanes of at least 4 members (excludes halogenated alkanes) is 1. The highest BCUT2D eigenvalue weighted by Gasteiger charge is 2.10. The van der Waals surface area contributed by atoms with E-state index in [0.717, 1.165) is 51.4 Å². The zero-order valence-electron chi connectivity index (χ0n) is 16.4. The molecule has 0 saturated carbocycles. The van der Waals surface area contributed by atoms with Gasteiger partial charge in [0.1, 0.15) is 0 Å². The van der Waals surface area contributed by atoms with Crippen molar-refractivity contribution in [2.24, 2.45) is 11.7 Å². The van der Waals surface area contributed by atoms with E-state index in [1.54, 1.807) is 0 Å². The minimum Gasteiger partial charge on any atom is -0.481 e. The van der Waals surface area contributed by atoms with Crippen molar-refractivity contribution in [1.29, 1.82) is 0 Å². The molecule has 0 heterocycles. The van der Waals surface area contributed by atoms with E-state index in [-0.39, 0.29) is 12.3 Å². The third-order valence-electron chi connectivity index (χ3n) is 3.94. The molecule has 146 valence electrons. The van der Waals surface area contributed by atoms with Crippen molar-refractivity contribution in [3.8, 4) is 0 Å². The average molecular weight is 360 g/mol. The first-order chi connectivity index (χ1) is 12.7. The Bertz CT molecular complexity index is 473. The Balaban J connectivity index is 3.59. The second-order valence-electron chi connectivity index (χ2n) is 6.34. The number of hydrogen-bond acceptors (Lipinski definition) is 2. The van der Waals surface area contributed by atoms with E-state index in [0.29, 0.717) is 6.54 Å². The van der Waals surface area contributed by atoms with Gasteiger partial charge in [0, 0.05) is 6.42 Å². The Morgan fingerprint density at radius 2 is 1.31 bits per heavy atom. The summed E-state index contributed by atoms with van der Waals surface area (Å²) in [6.07, 6.45) is 30.0.